The molecule has 0 radical (unpaired) electrons. The molecule has 9 heteroatoms. The van der Waals surface area contributed by atoms with Crippen LogP contribution in [0.1, 0.15) is 17.3 Å². The molecule has 0 fully saturated rings. The third kappa shape index (κ3) is 5.49. The highest BCUT2D eigenvalue weighted by molar-refractivity contribution is 6.10. The number of rotatable bonds is 6. The van der Waals surface area contributed by atoms with Gasteiger partial charge in [0, 0.05) is 35.2 Å². The molecule has 2 amide bonds. The van der Waals surface area contributed by atoms with Crippen molar-refractivity contribution in [3.8, 4) is 0 Å². The second-order valence-electron chi connectivity index (χ2n) is 5.65. The van der Waals surface area contributed by atoms with Crippen LogP contribution in [0.25, 0.3) is 0 Å². The molecule has 0 bridgehead atoms. The van der Waals surface area contributed by atoms with Crippen molar-refractivity contribution < 1.29 is 24.0 Å². The topological polar surface area (TPSA) is 128 Å². The Labute approximate surface area is 160 Å². The van der Waals surface area contributed by atoms with E-state index < -0.39 is 22.7 Å². The van der Waals surface area contributed by atoms with Crippen LogP contribution in [-0.4, -0.2) is 29.8 Å². The first kappa shape index (κ1) is 20.3. The number of carbonyl (C=O) groups is 3. The number of anilines is 2. The number of ether oxygens (including phenoxy) is 1. The molecule has 0 aliphatic rings. The van der Waals surface area contributed by atoms with Gasteiger partial charge in [0.15, 0.2) is 0 Å². The summed E-state index contributed by atoms with van der Waals surface area (Å²) in [5.74, 6) is -1.61. The first-order valence-electron chi connectivity index (χ1n) is 8.03. The summed E-state index contributed by atoms with van der Waals surface area (Å²) in [5, 5.41) is 15.8. The van der Waals surface area contributed by atoms with E-state index in [0.717, 1.165) is 6.08 Å². The normalized spacial score (nSPS) is 10.7. The molecule has 2 aromatic rings. The minimum atomic E-state index is -0.603. The fourth-order valence-corrected chi connectivity index (χ4v) is 2.17. The number of hydrogen-bond acceptors (Lipinski definition) is 6. The zero-order chi connectivity index (χ0) is 20.7. The van der Waals surface area contributed by atoms with Crippen LogP contribution < -0.4 is 10.6 Å². The maximum Gasteiger partial charge on any atom is 0.337 e. The molecule has 0 atom stereocenters. The highest BCUT2D eigenvalue weighted by Crippen LogP contribution is 2.17. The van der Waals surface area contributed by atoms with Crippen LogP contribution in [0.5, 0.6) is 0 Å². The molecule has 0 spiro atoms. The van der Waals surface area contributed by atoms with Gasteiger partial charge in [-0.1, -0.05) is 6.07 Å². The number of nitro benzene ring substituents is 1. The molecule has 28 heavy (non-hydrogen) atoms. The largest absolute Gasteiger partial charge is 0.465 e. The van der Waals surface area contributed by atoms with Gasteiger partial charge in [-0.2, -0.15) is 0 Å². The predicted octanol–water partition coefficient (Wildman–Crippen LogP) is 2.90. The SMILES string of the molecule is COC(=O)c1ccc(NC(=O)/C(C)=C/C(=O)Nc2cccc([N+](=O)[O-])c2)cc1. The van der Waals surface area contributed by atoms with Crippen molar-refractivity contribution in [1.82, 2.24) is 0 Å². The molecule has 0 aliphatic carbocycles. The van der Waals surface area contributed by atoms with E-state index in [1.807, 2.05) is 0 Å². The molecule has 0 saturated heterocycles. The number of benzene rings is 2. The molecule has 0 saturated carbocycles. The number of esters is 1. The van der Waals surface area contributed by atoms with Gasteiger partial charge in [-0.15, -0.1) is 0 Å². The Bertz CT molecular complexity index is 950. The second-order valence-corrected chi connectivity index (χ2v) is 5.65. The maximum atomic E-state index is 12.2. The Morgan fingerprint density at radius 3 is 2.32 bits per heavy atom. The quantitative estimate of drug-likeness (QED) is 0.342. The standard InChI is InChI=1S/C19H17N3O6/c1-12(10-17(23)20-15-4-3-5-16(11-15)22(26)27)18(24)21-14-8-6-13(7-9-14)19(25)28-2/h3-11H,1-2H3,(H,20,23)(H,21,24)/b12-10+. The van der Waals surface area contributed by atoms with Gasteiger partial charge in [-0.25, -0.2) is 4.79 Å². The summed E-state index contributed by atoms with van der Waals surface area (Å²) >= 11 is 0. The number of amides is 2. The van der Waals surface area contributed by atoms with Crippen molar-refractivity contribution in [3.63, 3.8) is 0 Å². The number of hydrogen-bond donors (Lipinski definition) is 2. The average molecular weight is 383 g/mol. The molecule has 2 rings (SSSR count). The van der Waals surface area contributed by atoms with Crippen molar-refractivity contribution in [2.45, 2.75) is 6.92 Å². The summed E-state index contributed by atoms with van der Waals surface area (Å²) in [6.45, 7) is 1.45. The van der Waals surface area contributed by atoms with Crippen molar-refractivity contribution >= 4 is 34.8 Å². The number of nitrogens with zero attached hydrogens (tertiary/aromatic N) is 1. The van der Waals surface area contributed by atoms with Gasteiger partial charge in [-0.05, 0) is 37.3 Å². The van der Waals surface area contributed by atoms with E-state index >= 15 is 0 Å². The first-order valence-corrected chi connectivity index (χ1v) is 8.03. The molecule has 2 aromatic carbocycles. The van der Waals surface area contributed by atoms with Crippen molar-refractivity contribution in [1.29, 1.82) is 0 Å². The van der Waals surface area contributed by atoms with E-state index in [0.29, 0.717) is 11.3 Å². The van der Waals surface area contributed by atoms with Crippen LogP contribution in [0.4, 0.5) is 17.1 Å². The van der Waals surface area contributed by atoms with Gasteiger partial charge in [0.2, 0.25) is 5.91 Å². The van der Waals surface area contributed by atoms with Crippen LogP contribution in [0.3, 0.4) is 0 Å². The zero-order valence-electron chi connectivity index (χ0n) is 15.1. The third-order valence-electron chi connectivity index (χ3n) is 3.59. The lowest BCUT2D eigenvalue weighted by atomic mass is 10.2. The van der Waals surface area contributed by atoms with E-state index in [1.54, 1.807) is 0 Å². The number of carbonyl (C=O) groups excluding carboxylic acids is 3. The van der Waals surface area contributed by atoms with E-state index in [-0.39, 0.29) is 16.9 Å². The smallest absolute Gasteiger partial charge is 0.337 e. The fraction of sp³-hybridized carbons (Fsp3) is 0.105. The molecular weight excluding hydrogens is 366 g/mol. The molecule has 2 N–H and O–H groups in total. The first-order chi connectivity index (χ1) is 13.3. The van der Waals surface area contributed by atoms with Gasteiger partial charge < -0.3 is 15.4 Å². The van der Waals surface area contributed by atoms with Gasteiger partial charge in [0.1, 0.15) is 0 Å². The molecule has 0 heterocycles. The zero-order valence-corrected chi connectivity index (χ0v) is 15.1. The summed E-state index contributed by atoms with van der Waals surface area (Å²) in [6.07, 6.45) is 1.08. The molecule has 0 unspecified atom stereocenters. The van der Waals surface area contributed by atoms with Crippen LogP contribution in [0.2, 0.25) is 0 Å². The monoisotopic (exact) mass is 383 g/mol. The van der Waals surface area contributed by atoms with Crippen molar-refractivity contribution in [2.24, 2.45) is 0 Å². The Morgan fingerprint density at radius 2 is 1.71 bits per heavy atom. The Morgan fingerprint density at radius 1 is 1.04 bits per heavy atom. The Hall–Kier alpha value is -4.01. The average Bonchev–Trinajstić information content (AvgIpc) is 2.67. The van der Waals surface area contributed by atoms with Gasteiger partial charge in [0.25, 0.3) is 11.6 Å². The summed E-state index contributed by atoms with van der Waals surface area (Å²) in [5.41, 5.74) is 0.974. The number of non-ortho nitro benzene ring substituents is 1. The molecule has 0 aromatic heterocycles. The minimum Gasteiger partial charge on any atom is -0.465 e. The number of nitrogens with one attached hydrogen (secondary N) is 2. The fourth-order valence-electron chi connectivity index (χ4n) is 2.17. The lowest BCUT2D eigenvalue weighted by Gasteiger charge is -2.07. The Balaban J connectivity index is 2.00. The molecule has 144 valence electrons. The van der Waals surface area contributed by atoms with Crippen LogP contribution >= 0.6 is 0 Å². The summed E-state index contributed by atoms with van der Waals surface area (Å²) in [7, 11) is 1.27. The van der Waals surface area contributed by atoms with E-state index in [1.165, 1.54) is 62.6 Å². The molecule has 0 aliphatic heterocycles. The van der Waals surface area contributed by atoms with E-state index in [2.05, 4.69) is 15.4 Å². The van der Waals surface area contributed by atoms with Crippen molar-refractivity contribution in [3.05, 3.63) is 75.9 Å². The number of nitro groups is 1. The lowest BCUT2D eigenvalue weighted by Crippen LogP contribution is -2.16. The summed E-state index contributed by atoms with van der Waals surface area (Å²) in [4.78, 5) is 45.8. The van der Waals surface area contributed by atoms with Gasteiger partial charge >= 0.3 is 5.97 Å². The highest BCUT2D eigenvalue weighted by atomic mass is 16.6. The van der Waals surface area contributed by atoms with Crippen molar-refractivity contribution in [2.75, 3.05) is 17.7 Å². The highest BCUT2D eigenvalue weighted by Gasteiger charge is 2.11. The maximum absolute atomic E-state index is 12.2. The van der Waals surface area contributed by atoms with Crippen LogP contribution in [0.15, 0.2) is 60.2 Å². The molecule has 9 nitrogen and oxygen atoms in total. The lowest BCUT2D eigenvalue weighted by molar-refractivity contribution is -0.384. The van der Waals surface area contributed by atoms with E-state index in [9.17, 15) is 24.5 Å². The predicted molar refractivity (Wildman–Crippen MR) is 102 cm³/mol. The molecular formula is C19H17N3O6. The Kier molecular flexibility index (Phi) is 6.58. The minimum absolute atomic E-state index is 0.125. The van der Waals surface area contributed by atoms with Gasteiger partial charge in [0.05, 0.1) is 17.6 Å². The van der Waals surface area contributed by atoms with Crippen LogP contribution in [-0.2, 0) is 14.3 Å². The second kappa shape index (κ2) is 9.08. The van der Waals surface area contributed by atoms with Gasteiger partial charge in [-0.3, -0.25) is 19.7 Å². The van der Waals surface area contributed by atoms with E-state index in [4.69, 9.17) is 0 Å². The summed E-state index contributed by atoms with van der Waals surface area (Å²) in [6, 6.07) is 11.5. The number of methoxy groups -OCH3 is 1. The third-order valence-corrected chi connectivity index (χ3v) is 3.59. The summed E-state index contributed by atoms with van der Waals surface area (Å²) < 4.78 is 4.59. The van der Waals surface area contributed by atoms with Crippen LogP contribution in [0, 0.1) is 10.1 Å².